The van der Waals surface area contributed by atoms with Crippen molar-refractivity contribution in [2.75, 3.05) is 10.2 Å². The second-order valence-corrected chi connectivity index (χ2v) is 12.3. The molecule has 5 aromatic carbocycles. The second kappa shape index (κ2) is 15.5. The van der Waals surface area contributed by atoms with Gasteiger partial charge in [-0.1, -0.05) is 89.9 Å². The molecule has 0 fully saturated rings. The summed E-state index contributed by atoms with van der Waals surface area (Å²) >= 11 is 14.0. The van der Waals surface area contributed by atoms with E-state index in [0.717, 1.165) is 16.3 Å². The number of nitrogens with zero attached hydrogens (tertiary/aromatic N) is 1. The number of rotatable bonds is 10. The number of carbonyl (C=O) groups is 3. The Labute approximate surface area is 282 Å². The number of carbonyl (C=O) groups excluding carboxylic acids is 3. The Morgan fingerprint density at radius 3 is 1.87 bits per heavy atom. The molecule has 0 spiro atoms. The SMILES string of the molecule is CC(Sc1ccc(NC(=O)/C(=C/c2cccc(Cl)c2Cl)NC(=O)c2ccccc2)cc1)C(=O)N(c1ccccc1)c1ccccc1. The maximum Gasteiger partial charge on any atom is 0.272 e. The van der Waals surface area contributed by atoms with Gasteiger partial charge in [-0.05, 0) is 85.3 Å². The molecule has 3 amide bonds. The molecule has 0 aliphatic carbocycles. The lowest BCUT2D eigenvalue weighted by molar-refractivity contribution is -0.117. The highest BCUT2D eigenvalue weighted by Crippen LogP contribution is 2.32. The van der Waals surface area contributed by atoms with Gasteiger partial charge in [0.1, 0.15) is 5.70 Å². The molecular formula is C37H29Cl2N3O3S. The highest BCUT2D eigenvalue weighted by Gasteiger charge is 2.24. The summed E-state index contributed by atoms with van der Waals surface area (Å²) in [6.45, 7) is 1.87. The summed E-state index contributed by atoms with van der Waals surface area (Å²) in [6, 6.07) is 39.8. The zero-order chi connectivity index (χ0) is 32.5. The van der Waals surface area contributed by atoms with Gasteiger partial charge in [0.25, 0.3) is 11.8 Å². The first-order valence-electron chi connectivity index (χ1n) is 14.3. The highest BCUT2D eigenvalue weighted by atomic mass is 35.5. The highest BCUT2D eigenvalue weighted by molar-refractivity contribution is 8.00. The maximum atomic E-state index is 13.7. The van der Waals surface area contributed by atoms with Gasteiger partial charge in [-0.15, -0.1) is 11.8 Å². The van der Waals surface area contributed by atoms with Crippen LogP contribution in [0.4, 0.5) is 17.1 Å². The van der Waals surface area contributed by atoms with E-state index in [-0.39, 0.29) is 16.6 Å². The van der Waals surface area contributed by atoms with Gasteiger partial charge >= 0.3 is 0 Å². The standard InChI is InChI=1S/C37H29Cl2N3O3S/c1-25(37(45)42(29-15-7-3-8-16-29)30-17-9-4-10-18-30)46-31-22-20-28(21-23-31)40-36(44)33(24-27-14-11-19-32(38)34(27)39)41-35(43)26-12-5-2-6-13-26/h2-25H,1H3,(H,40,44)(H,41,43)/b33-24-. The van der Waals surface area contributed by atoms with Crippen molar-refractivity contribution in [2.45, 2.75) is 17.1 Å². The van der Waals surface area contributed by atoms with E-state index in [2.05, 4.69) is 10.6 Å². The summed E-state index contributed by atoms with van der Waals surface area (Å²) in [5, 5.41) is 5.70. The molecule has 0 saturated heterocycles. The normalized spacial score (nSPS) is 11.8. The quantitative estimate of drug-likeness (QED) is 0.115. The summed E-state index contributed by atoms with van der Waals surface area (Å²) in [7, 11) is 0. The number of thioether (sulfide) groups is 1. The monoisotopic (exact) mass is 665 g/mol. The predicted octanol–water partition coefficient (Wildman–Crippen LogP) is 9.25. The Morgan fingerprint density at radius 1 is 0.717 bits per heavy atom. The van der Waals surface area contributed by atoms with Gasteiger partial charge in [-0.25, -0.2) is 0 Å². The lowest BCUT2D eigenvalue weighted by atomic mass is 10.1. The zero-order valence-electron chi connectivity index (χ0n) is 24.7. The molecule has 0 aromatic heterocycles. The Morgan fingerprint density at radius 2 is 1.28 bits per heavy atom. The lowest BCUT2D eigenvalue weighted by Crippen LogP contribution is -2.32. The van der Waals surface area contributed by atoms with Crippen LogP contribution < -0.4 is 15.5 Å². The molecule has 1 unspecified atom stereocenters. The number of halogens is 2. The van der Waals surface area contributed by atoms with Crippen LogP contribution in [-0.4, -0.2) is 23.0 Å². The first-order chi connectivity index (χ1) is 22.3. The Bertz CT molecular complexity index is 1810. The van der Waals surface area contributed by atoms with E-state index in [1.165, 1.54) is 17.8 Å². The van der Waals surface area contributed by atoms with Crippen LogP contribution in [0.15, 0.2) is 144 Å². The van der Waals surface area contributed by atoms with E-state index in [0.29, 0.717) is 21.8 Å². The van der Waals surface area contributed by atoms with E-state index >= 15 is 0 Å². The van der Waals surface area contributed by atoms with Crippen LogP contribution in [0, 0.1) is 0 Å². The van der Waals surface area contributed by atoms with Crippen LogP contribution >= 0.6 is 35.0 Å². The van der Waals surface area contributed by atoms with E-state index < -0.39 is 17.1 Å². The van der Waals surface area contributed by atoms with Crippen LogP contribution in [0.3, 0.4) is 0 Å². The van der Waals surface area contributed by atoms with Crippen molar-refractivity contribution in [3.05, 3.63) is 160 Å². The molecule has 0 bridgehead atoms. The van der Waals surface area contributed by atoms with Gasteiger partial charge in [0.05, 0.1) is 15.3 Å². The third-order valence-electron chi connectivity index (χ3n) is 6.83. The summed E-state index contributed by atoms with van der Waals surface area (Å²) in [4.78, 5) is 42.7. The van der Waals surface area contributed by atoms with Crippen molar-refractivity contribution in [1.82, 2.24) is 5.32 Å². The van der Waals surface area contributed by atoms with Crippen molar-refractivity contribution in [3.63, 3.8) is 0 Å². The van der Waals surface area contributed by atoms with Crippen LogP contribution in [-0.2, 0) is 9.59 Å². The van der Waals surface area contributed by atoms with E-state index in [9.17, 15) is 14.4 Å². The smallest absolute Gasteiger partial charge is 0.272 e. The number of hydrogen-bond acceptors (Lipinski definition) is 4. The minimum absolute atomic E-state index is 0.0161. The van der Waals surface area contributed by atoms with Crippen molar-refractivity contribution < 1.29 is 14.4 Å². The minimum Gasteiger partial charge on any atom is -0.321 e. The molecule has 0 aliphatic rings. The number of anilines is 3. The van der Waals surface area contributed by atoms with Gasteiger partial charge in [-0.2, -0.15) is 0 Å². The molecule has 0 heterocycles. The number of hydrogen-bond donors (Lipinski definition) is 2. The maximum absolute atomic E-state index is 13.7. The van der Waals surface area contributed by atoms with Gasteiger partial charge in [-0.3, -0.25) is 19.3 Å². The summed E-state index contributed by atoms with van der Waals surface area (Å²) in [5.74, 6) is -1.07. The third-order valence-corrected chi connectivity index (χ3v) is 8.77. The number of amides is 3. The van der Waals surface area contributed by atoms with E-state index in [4.69, 9.17) is 23.2 Å². The van der Waals surface area contributed by atoms with E-state index in [1.807, 2.05) is 79.7 Å². The van der Waals surface area contributed by atoms with Crippen LogP contribution in [0.25, 0.3) is 6.08 Å². The predicted molar refractivity (Wildman–Crippen MR) is 189 cm³/mol. The van der Waals surface area contributed by atoms with Crippen molar-refractivity contribution in [1.29, 1.82) is 0 Å². The van der Waals surface area contributed by atoms with Crippen LogP contribution in [0.1, 0.15) is 22.8 Å². The average molecular weight is 667 g/mol. The topological polar surface area (TPSA) is 78.5 Å². The van der Waals surface area contributed by atoms with Gasteiger partial charge < -0.3 is 10.6 Å². The van der Waals surface area contributed by atoms with Crippen molar-refractivity contribution in [3.8, 4) is 0 Å². The van der Waals surface area contributed by atoms with Crippen LogP contribution in [0.5, 0.6) is 0 Å². The summed E-state index contributed by atoms with van der Waals surface area (Å²) in [5.41, 5.74) is 2.91. The molecular weight excluding hydrogens is 637 g/mol. The zero-order valence-corrected chi connectivity index (χ0v) is 27.0. The molecule has 0 saturated carbocycles. The first-order valence-corrected chi connectivity index (χ1v) is 16.0. The molecule has 0 radical (unpaired) electrons. The summed E-state index contributed by atoms with van der Waals surface area (Å²) in [6.07, 6.45) is 1.48. The van der Waals surface area contributed by atoms with Crippen molar-refractivity contribution in [2.24, 2.45) is 0 Å². The molecule has 46 heavy (non-hydrogen) atoms. The minimum atomic E-state index is -0.550. The molecule has 0 aliphatic heterocycles. The fraction of sp³-hybridized carbons (Fsp3) is 0.0541. The molecule has 6 nitrogen and oxygen atoms in total. The number of para-hydroxylation sites is 2. The Hall–Kier alpha value is -4.82. The van der Waals surface area contributed by atoms with Gasteiger partial charge in [0, 0.05) is 27.5 Å². The average Bonchev–Trinajstić information content (AvgIpc) is 3.08. The molecule has 5 rings (SSSR count). The third kappa shape index (κ3) is 8.25. The van der Waals surface area contributed by atoms with E-state index in [1.54, 1.807) is 65.6 Å². The fourth-order valence-corrected chi connectivity index (χ4v) is 5.81. The second-order valence-electron chi connectivity index (χ2n) is 10.1. The van der Waals surface area contributed by atoms with Gasteiger partial charge in [0.15, 0.2) is 0 Å². The molecule has 230 valence electrons. The lowest BCUT2D eigenvalue weighted by Gasteiger charge is -2.26. The first kappa shape index (κ1) is 32.6. The largest absolute Gasteiger partial charge is 0.321 e. The van der Waals surface area contributed by atoms with Crippen LogP contribution in [0.2, 0.25) is 10.0 Å². The molecule has 2 N–H and O–H groups in total. The number of benzene rings is 5. The molecule has 1 atom stereocenters. The summed E-state index contributed by atoms with van der Waals surface area (Å²) < 4.78 is 0. The molecule has 9 heteroatoms. The number of nitrogens with one attached hydrogen (secondary N) is 2. The van der Waals surface area contributed by atoms with Gasteiger partial charge in [0.2, 0.25) is 5.91 Å². The fourth-order valence-electron chi connectivity index (χ4n) is 4.54. The van der Waals surface area contributed by atoms with Crippen molar-refractivity contribution >= 4 is 75.8 Å². The molecule has 5 aromatic rings. The Kier molecular flexibility index (Phi) is 10.9. The Balaban J connectivity index is 1.31.